The molecule has 0 aliphatic rings. The molecule has 0 fully saturated rings. The van der Waals surface area contributed by atoms with Crippen molar-refractivity contribution < 1.29 is 4.79 Å². The third kappa shape index (κ3) is 1.63. The lowest BCUT2D eigenvalue weighted by molar-refractivity contribution is 0.101. The van der Waals surface area contributed by atoms with E-state index in [0.717, 1.165) is 0 Å². The largest absolute Gasteiger partial charge is 0.281 e. The van der Waals surface area contributed by atoms with Crippen molar-refractivity contribution in [2.45, 2.75) is 19.9 Å². The van der Waals surface area contributed by atoms with Gasteiger partial charge in [-0.15, -0.1) is 0 Å². The van der Waals surface area contributed by atoms with Gasteiger partial charge in [-0.2, -0.15) is 10.2 Å². The smallest absolute Gasteiger partial charge is 0.266 e. The van der Waals surface area contributed by atoms with Crippen LogP contribution in [0.1, 0.15) is 36.3 Å². The van der Waals surface area contributed by atoms with E-state index in [1.807, 2.05) is 13.8 Å². The zero-order valence-electron chi connectivity index (χ0n) is 8.38. The van der Waals surface area contributed by atoms with Gasteiger partial charge in [-0.05, 0) is 13.8 Å². The standard InChI is InChI=1S/C8H10N6O/c1-5(2)14-8(10-4-12-14)6(15)7-9-3-11-13-7/h3-5H,1-2H3,(H,9,11,13). The third-order valence-corrected chi connectivity index (χ3v) is 1.90. The number of nitrogens with one attached hydrogen (secondary N) is 1. The molecule has 0 saturated carbocycles. The van der Waals surface area contributed by atoms with Gasteiger partial charge in [0.2, 0.25) is 5.82 Å². The molecule has 2 heterocycles. The summed E-state index contributed by atoms with van der Waals surface area (Å²) in [6.45, 7) is 3.84. The van der Waals surface area contributed by atoms with E-state index >= 15 is 0 Å². The molecule has 7 nitrogen and oxygen atoms in total. The first kappa shape index (κ1) is 9.50. The minimum absolute atomic E-state index is 0.0781. The van der Waals surface area contributed by atoms with E-state index in [0.29, 0.717) is 0 Å². The second-order valence-corrected chi connectivity index (χ2v) is 3.29. The second-order valence-electron chi connectivity index (χ2n) is 3.29. The fraction of sp³-hybridized carbons (Fsp3) is 0.375. The molecule has 1 N–H and O–H groups in total. The van der Waals surface area contributed by atoms with E-state index in [2.05, 4.69) is 25.3 Å². The Morgan fingerprint density at radius 2 is 2.20 bits per heavy atom. The van der Waals surface area contributed by atoms with Crippen molar-refractivity contribution in [3.8, 4) is 0 Å². The van der Waals surface area contributed by atoms with Crippen LogP contribution >= 0.6 is 0 Å². The number of hydrogen-bond donors (Lipinski definition) is 1. The minimum Gasteiger partial charge on any atom is -0.281 e. The Labute approximate surface area is 85.6 Å². The second kappa shape index (κ2) is 3.60. The Morgan fingerprint density at radius 3 is 2.80 bits per heavy atom. The van der Waals surface area contributed by atoms with Crippen molar-refractivity contribution in [1.29, 1.82) is 0 Å². The van der Waals surface area contributed by atoms with Crippen molar-refractivity contribution in [3.05, 3.63) is 24.3 Å². The summed E-state index contributed by atoms with van der Waals surface area (Å²) < 4.78 is 1.55. The Kier molecular flexibility index (Phi) is 2.28. The minimum atomic E-state index is -0.307. The van der Waals surface area contributed by atoms with E-state index in [4.69, 9.17) is 0 Å². The van der Waals surface area contributed by atoms with Crippen LogP contribution in [-0.4, -0.2) is 35.7 Å². The average molecular weight is 206 g/mol. The lowest BCUT2D eigenvalue weighted by atomic mass is 10.3. The fourth-order valence-corrected chi connectivity index (χ4v) is 1.21. The lowest BCUT2D eigenvalue weighted by Crippen LogP contribution is -2.15. The molecule has 0 atom stereocenters. The monoisotopic (exact) mass is 206 g/mol. The summed E-state index contributed by atoms with van der Waals surface area (Å²) >= 11 is 0. The molecule has 2 aromatic heterocycles. The zero-order valence-corrected chi connectivity index (χ0v) is 8.38. The Balaban J connectivity index is 2.38. The first-order valence-electron chi connectivity index (χ1n) is 4.49. The number of H-pyrrole nitrogens is 1. The van der Waals surface area contributed by atoms with Crippen LogP contribution < -0.4 is 0 Å². The maximum Gasteiger partial charge on any atom is 0.266 e. The Hall–Kier alpha value is -2.05. The van der Waals surface area contributed by atoms with E-state index in [9.17, 15) is 4.79 Å². The van der Waals surface area contributed by atoms with Crippen LogP contribution in [0.25, 0.3) is 0 Å². The van der Waals surface area contributed by atoms with Crippen molar-refractivity contribution in [3.63, 3.8) is 0 Å². The summed E-state index contributed by atoms with van der Waals surface area (Å²) in [7, 11) is 0. The molecule has 0 aliphatic carbocycles. The van der Waals surface area contributed by atoms with Gasteiger partial charge in [0.15, 0.2) is 5.82 Å². The van der Waals surface area contributed by atoms with Crippen LogP contribution in [0.4, 0.5) is 0 Å². The predicted octanol–water partition coefficient (Wildman–Crippen LogP) is 0.208. The van der Waals surface area contributed by atoms with E-state index in [1.54, 1.807) is 4.68 Å². The highest BCUT2D eigenvalue weighted by Gasteiger charge is 2.19. The number of aromatic nitrogens is 6. The van der Waals surface area contributed by atoms with Crippen molar-refractivity contribution >= 4 is 5.78 Å². The van der Waals surface area contributed by atoms with E-state index in [-0.39, 0.29) is 23.5 Å². The molecule has 0 unspecified atom stereocenters. The molecule has 0 aromatic carbocycles. The summed E-state index contributed by atoms with van der Waals surface area (Å²) in [4.78, 5) is 19.5. The molecule has 0 saturated heterocycles. The summed E-state index contributed by atoms with van der Waals surface area (Å²) in [6, 6.07) is 0.0781. The van der Waals surface area contributed by atoms with Crippen LogP contribution in [0.3, 0.4) is 0 Å². The van der Waals surface area contributed by atoms with Crippen LogP contribution in [0.15, 0.2) is 12.7 Å². The lowest BCUT2D eigenvalue weighted by Gasteiger charge is -2.06. The quantitative estimate of drug-likeness (QED) is 0.725. The van der Waals surface area contributed by atoms with Gasteiger partial charge in [-0.25, -0.2) is 14.6 Å². The Bertz CT molecular complexity index is 457. The average Bonchev–Trinajstić information content (AvgIpc) is 2.88. The maximum absolute atomic E-state index is 11.8. The highest BCUT2D eigenvalue weighted by molar-refractivity contribution is 6.03. The fourth-order valence-electron chi connectivity index (χ4n) is 1.21. The van der Waals surface area contributed by atoms with Crippen molar-refractivity contribution in [1.82, 2.24) is 29.9 Å². The maximum atomic E-state index is 11.8. The van der Waals surface area contributed by atoms with Crippen molar-refractivity contribution in [2.75, 3.05) is 0 Å². The number of carbonyl (C=O) groups excluding carboxylic acids is 1. The van der Waals surface area contributed by atoms with Gasteiger partial charge >= 0.3 is 0 Å². The first-order chi connectivity index (χ1) is 7.20. The van der Waals surface area contributed by atoms with Crippen molar-refractivity contribution in [2.24, 2.45) is 0 Å². The number of hydrogen-bond acceptors (Lipinski definition) is 5. The van der Waals surface area contributed by atoms with Gasteiger partial charge in [-0.3, -0.25) is 9.89 Å². The van der Waals surface area contributed by atoms with Crippen LogP contribution in [0.2, 0.25) is 0 Å². The molecular weight excluding hydrogens is 196 g/mol. The van der Waals surface area contributed by atoms with Gasteiger partial charge in [0, 0.05) is 6.04 Å². The van der Waals surface area contributed by atoms with Gasteiger partial charge in [-0.1, -0.05) is 0 Å². The molecule has 2 rings (SSSR count). The SMILES string of the molecule is CC(C)n1ncnc1C(=O)c1ncn[nH]1. The Morgan fingerprint density at radius 1 is 1.40 bits per heavy atom. The van der Waals surface area contributed by atoms with Crippen LogP contribution in [-0.2, 0) is 0 Å². The molecule has 0 aliphatic heterocycles. The number of nitrogens with zero attached hydrogens (tertiary/aromatic N) is 5. The van der Waals surface area contributed by atoms with Crippen LogP contribution in [0, 0.1) is 0 Å². The van der Waals surface area contributed by atoms with E-state index in [1.165, 1.54) is 12.7 Å². The molecule has 7 heteroatoms. The molecule has 0 spiro atoms. The van der Waals surface area contributed by atoms with Gasteiger partial charge in [0.1, 0.15) is 12.7 Å². The van der Waals surface area contributed by atoms with Crippen LogP contribution in [0.5, 0.6) is 0 Å². The summed E-state index contributed by atoms with van der Waals surface area (Å²) in [5, 5.41) is 10.1. The number of ketones is 1. The molecule has 78 valence electrons. The molecule has 15 heavy (non-hydrogen) atoms. The third-order valence-electron chi connectivity index (χ3n) is 1.90. The van der Waals surface area contributed by atoms with Gasteiger partial charge in [0.05, 0.1) is 0 Å². The van der Waals surface area contributed by atoms with Gasteiger partial charge in [0.25, 0.3) is 5.78 Å². The predicted molar refractivity (Wildman–Crippen MR) is 50.2 cm³/mol. The highest BCUT2D eigenvalue weighted by atomic mass is 16.1. The molecule has 2 aromatic rings. The molecule has 0 bridgehead atoms. The summed E-state index contributed by atoms with van der Waals surface area (Å²) in [6.07, 6.45) is 2.63. The molecular formula is C8H10N6O. The topological polar surface area (TPSA) is 89.3 Å². The normalized spacial score (nSPS) is 10.9. The highest BCUT2D eigenvalue weighted by Crippen LogP contribution is 2.07. The van der Waals surface area contributed by atoms with Gasteiger partial charge < -0.3 is 0 Å². The molecule has 0 radical (unpaired) electrons. The number of aromatic amines is 1. The first-order valence-corrected chi connectivity index (χ1v) is 4.49. The number of carbonyl (C=O) groups is 1. The summed E-state index contributed by atoms with van der Waals surface area (Å²) in [5.74, 6) is 0.130. The number of rotatable bonds is 3. The zero-order chi connectivity index (χ0) is 10.8. The molecule has 0 amide bonds. The van der Waals surface area contributed by atoms with E-state index < -0.39 is 0 Å². The summed E-state index contributed by atoms with van der Waals surface area (Å²) in [5.41, 5.74) is 0.